The first-order valence-electron chi connectivity index (χ1n) is 7.16. The standard InChI is InChI=1S/C15H19N3O3/c1-3-20-13-6-4-5-11(16-13)9-12-17-14(21-18-12)15(7-8-15)10-19-2/h4-6H,3,7-10H2,1-2H3. The zero-order valence-corrected chi connectivity index (χ0v) is 12.3. The number of aromatic nitrogens is 3. The van der Waals surface area contributed by atoms with E-state index in [9.17, 15) is 0 Å². The lowest BCUT2D eigenvalue weighted by Gasteiger charge is -2.06. The fourth-order valence-corrected chi connectivity index (χ4v) is 2.33. The number of rotatable bonds is 7. The van der Waals surface area contributed by atoms with Gasteiger partial charge in [0.2, 0.25) is 11.8 Å². The lowest BCUT2D eigenvalue weighted by Crippen LogP contribution is -2.14. The summed E-state index contributed by atoms with van der Waals surface area (Å²) in [6.45, 7) is 3.17. The highest BCUT2D eigenvalue weighted by atomic mass is 16.5. The first kappa shape index (κ1) is 14.0. The summed E-state index contributed by atoms with van der Waals surface area (Å²) in [5, 5.41) is 4.05. The van der Waals surface area contributed by atoms with E-state index < -0.39 is 0 Å². The molecule has 21 heavy (non-hydrogen) atoms. The Hall–Kier alpha value is -1.95. The number of nitrogens with zero attached hydrogens (tertiary/aromatic N) is 3. The Balaban J connectivity index is 1.71. The molecule has 1 aliphatic rings. The maximum Gasteiger partial charge on any atom is 0.235 e. The average molecular weight is 289 g/mol. The molecule has 1 fully saturated rings. The van der Waals surface area contributed by atoms with Gasteiger partial charge in [-0.2, -0.15) is 4.98 Å². The molecule has 2 aromatic heterocycles. The molecule has 3 rings (SSSR count). The molecule has 0 bridgehead atoms. The van der Waals surface area contributed by atoms with Crippen LogP contribution in [0.1, 0.15) is 37.2 Å². The van der Waals surface area contributed by atoms with Crippen molar-refractivity contribution in [2.45, 2.75) is 31.6 Å². The summed E-state index contributed by atoms with van der Waals surface area (Å²) < 4.78 is 16.0. The molecule has 0 amide bonds. The minimum absolute atomic E-state index is 0.0550. The third-order valence-electron chi connectivity index (χ3n) is 3.61. The van der Waals surface area contributed by atoms with Crippen LogP contribution in [0, 0.1) is 0 Å². The zero-order chi connectivity index (χ0) is 14.7. The van der Waals surface area contributed by atoms with Gasteiger partial charge in [0.1, 0.15) is 0 Å². The van der Waals surface area contributed by atoms with E-state index >= 15 is 0 Å². The Morgan fingerprint density at radius 2 is 2.14 bits per heavy atom. The smallest absolute Gasteiger partial charge is 0.235 e. The summed E-state index contributed by atoms with van der Waals surface area (Å²) in [4.78, 5) is 8.91. The van der Waals surface area contributed by atoms with Crippen LogP contribution in [0.25, 0.3) is 0 Å². The van der Waals surface area contributed by atoms with Crippen molar-refractivity contribution in [2.75, 3.05) is 20.3 Å². The van der Waals surface area contributed by atoms with Gasteiger partial charge >= 0.3 is 0 Å². The fraction of sp³-hybridized carbons (Fsp3) is 0.533. The topological polar surface area (TPSA) is 70.3 Å². The Kier molecular flexibility index (Phi) is 3.88. The van der Waals surface area contributed by atoms with Crippen molar-refractivity contribution in [3.05, 3.63) is 35.6 Å². The van der Waals surface area contributed by atoms with E-state index in [-0.39, 0.29) is 5.41 Å². The second kappa shape index (κ2) is 5.81. The third-order valence-corrected chi connectivity index (χ3v) is 3.61. The normalized spacial score (nSPS) is 15.9. The molecule has 2 aromatic rings. The monoisotopic (exact) mass is 289 g/mol. The van der Waals surface area contributed by atoms with Crippen molar-refractivity contribution in [3.8, 4) is 5.88 Å². The fourth-order valence-electron chi connectivity index (χ4n) is 2.33. The average Bonchev–Trinajstić information content (AvgIpc) is 3.10. The molecular weight excluding hydrogens is 270 g/mol. The highest BCUT2D eigenvalue weighted by molar-refractivity contribution is 5.20. The van der Waals surface area contributed by atoms with Crippen LogP contribution in [-0.2, 0) is 16.6 Å². The van der Waals surface area contributed by atoms with Crippen LogP contribution in [0.2, 0.25) is 0 Å². The highest BCUT2D eigenvalue weighted by Gasteiger charge is 2.49. The summed E-state index contributed by atoms with van der Waals surface area (Å²) in [6.07, 6.45) is 2.62. The first-order chi connectivity index (χ1) is 10.3. The molecule has 0 unspecified atom stereocenters. The second-order valence-electron chi connectivity index (χ2n) is 5.31. The van der Waals surface area contributed by atoms with Gasteiger partial charge in [-0.25, -0.2) is 4.98 Å². The van der Waals surface area contributed by atoms with Gasteiger partial charge < -0.3 is 14.0 Å². The summed E-state index contributed by atoms with van der Waals surface area (Å²) in [5.74, 6) is 1.95. The van der Waals surface area contributed by atoms with Gasteiger partial charge in [0.05, 0.1) is 30.7 Å². The summed E-state index contributed by atoms with van der Waals surface area (Å²) >= 11 is 0. The molecule has 6 nitrogen and oxygen atoms in total. The molecule has 2 heterocycles. The first-order valence-corrected chi connectivity index (χ1v) is 7.16. The van der Waals surface area contributed by atoms with Crippen molar-refractivity contribution < 1.29 is 14.0 Å². The minimum Gasteiger partial charge on any atom is -0.478 e. The summed E-state index contributed by atoms with van der Waals surface area (Å²) in [6, 6.07) is 5.69. The Morgan fingerprint density at radius 3 is 2.86 bits per heavy atom. The number of pyridine rings is 1. The second-order valence-corrected chi connectivity index (χ2v) is 5.31. The minimum atomic E-state index is -0.0550. The molecule has 0 atom stereocenters. The molecule has 0 aliphatic heterocycles. The van der Waals surface area contributed by atoms with Crippen molar-refractivity contribution in [1.82, 2.24) is 15.1 Å². The molecule has 0 aromatic carbocycles. The third kappa shape index (κ3) is 3.05. The van der Waals surface area contributed by atoms with E-state index in [0.29, 0.717) is 37.2 Å². The van der Waals surface area contributed by atoms with Gasteiger partial charge in [-0.05, 0) is 25.8 Å². The quantitative estimate of drug-likeness (QED) is 0.777. The van der Waals surface area contributed by atoms with E-state index in [0.717, 1.165) is 18.5 Å². The Bertz CT molecular complexity index is 608. The molecule has 0 radical (unpaired) electrons. The van der Waals surface area contributed by atoms with Crippen molar-refractivity contribution in [2.24, 2.45) is 0 Å². The van der Waals surface area contributed by atoms with E-state index in [2.05, 4.69) is 15.1 Å². The molecule has 1 saturated carbocycles. The van der Waals surface area contributed by atoms with Crippen LogP contribution < -0.4 is 4.74 Å². The number of ether oxygens (including phenoxy) is 2. The molecule has 0 N–H and O–H groups in total. The van der Waals surface area contributed by atoms with Gasteiger partial charge in [0.15, 0.2) is 5.82 Å². The maximum absolute atomic E-state index is 5.39. The van der Waals surface area contributed by atoms with Crippen molar-refractivity contribution >= 4 is 0 Å². The van der Waals surface area contributed by atoms with E-state index in [1.807, 2.05) is 25.1 Å². The van der Waals surface area contributed by atoms with Crippen LogP contribution in [0.15, 0.2) is 22.7 Å². The number of hydrogen-bond acceptors (Lipinski definition) is 6. The molecule has 1 aliphatic carbocycles. The molecule has 112 valence electrons. The predicted octanol–water partition coefficient (Wildman–Crippen LogP) is 2.13. The van der Waals surface area contributed by atoms with Crippen molar-refractivity contribution in [1.29, 1.82) is 0 Å². The summed E-state index contributed by atoms with van der Waals surface area (Å²) in [5.41, 5.74) is 0.811. The van der Waals surface area contributed by atoms with Gasteiger partial charge in [-0.15, -0.1) is 0 Å². The predicted molar refractivity (Wildman–Crippen MR) is 75.3 cm³/mol. The van der Waals surface area contributed by atoms with Crippen LogP contribution in [0.4, 0.5) is 0 Å². The van der Waals surface area contributed by atoms with Crippen LogP contribution >= 0.6 is 0 Å². The lowest BCUT2D eigenvalue weighted by atomic mass is 10.1. The molecule has 0 spiro atoms. The number of hydrogen-bond donors (Lipinski definition) is 0. The SMILES string of the molecule is CCOc1cccc(Cc2noc(C3(COC)CC3)n2)n1. The van der Waals surface area contributed by atoms with Gasteiger partial charge in [0, 0.05) is 13.2 Å². The molecule has 6 heteroatoms. The largest absolute Gasteiger partial charge is 0.478 e. The maximum atomic E-state index is 5.39. The van der Waals surface area contributed by atoms with Gasteiger partial charge in [0.25, 0.3) is 0 Å². The van der Waals surface area contributed by atoms with E-state index in [4.69, 9.17) is 14.0 Å². The van der Waals surface area contributed by atoms with E-state index in [1.165, 1.54) is 0 Å². The Labute approximate surface area is 123 Å². The van der Waals surface area contributed by atoms with Gasteiger partial charge in [-0.1, -0.05) is 11.2 Å². The zero-order valence-electron chi connectivity index (χ0n) is 12.3. The van der Waals surface area contributed by atoms with E-state index in [1.54, 1.807) is 7.11 Å². The Morgan fingerprint density at radius 1 is 1.29 bits per heavy atom. The highest BCUT2D eigenvalue weighted by Crippen LogP contribution is 2.47. The van der Waals surface area contributed by atoms with Crippen LogP contribution in [-0.4, -0.2) is 35.4 Å². The molecular formula is C15H19N3O3. The lowest BCUT2D eigenvalue weighted by molar-refractivity contribution is 0.155. The molecule has 0 saturated heterocycles. The van der Waals surface area contributed by atoms with Gasteiger partial charge in [-0.3, -0.25) is 0 Å². The summed E-state index contributed by atoms with van der Waals surface area (Å²) in [7, 11) is 1.69. The van der Waals surface area contributed by atoms with Crippen LogP contribution in [0.5, 0.6) is 5.88 Å². The van der Waals surface area contributed by atoms with Crippen LogP contribution in [0.3, 0.4) is 0 Å². The number of methoxy groups -OCH3 is 1. The van der Waals surface area contributed by atoms with Crippen molar-refractivity contribution in [3.63, 3.8) is 0 Å².